The number of fused-ring (bicyclic) bond motifs is 1. The van der Waals surface area contributed by atoms with Crippen molar-refractivity contribution in [3.8, 4) is 0 Å². The number of carbonyl (C=O) groups is 1. The van der Waals surface area contributed by atoms with E-state index < -0.39 is 0 Å². The average molecular weight is 174 g/mol. The largest absolute Gasteiger partial charge is 0.363 e. The molecule has 1 atom stereocenters. The molecule has 1 aromatic carbocycles. The van der Waals surface area contributed by atoms with Gasteiger partial charge in [0, 0.05) is 5.56 Å². The fourth-order valence-electron chi connectivity index (χ4n) is 1.42. The van der Waals surface area contributed by atoms with Gasteiger partial charge in [-0.05, 0) is 18.6 Å². The third-order valence-electron chi connectivity index (χ3n) is 2.11. The minimum Gasteiger partial charge on any atom is -0.363 e. The summed E-state index contributed by atoms with van der Waals surface area (Å²) in [5, 5.41) is 2.88. The quantitative estimate of drug-likeness (QED) is 0.655. The van der Waals surface area contributed by atoms with E-state index in [1.165, 1.54) is 0 Å². The molecular formula is C10H10N2O. The maximum Gasteiger partial charge on any atom is 0.146 e. The van der Waals surface area contributed by atoms with Crippen LogP contribution < -0.4 is 5.32 Å². The molecule has 0 bridgehead atoms. The summed E-state index contributed by atoms with van der Waals surface area (Å²) in [5.41, 5.74) is 2.99. The van der Waals surface area contributed by atoms with E-state index >= 15 is 0 Å². The molecule has 1 unspecified atom stereocenters. The van der Waals surface area contributed by atoms with E-state index in [4.69, 9.17) is 0 Å². The van der Waals surface area contributed by atoms with E-state index in [1.807, 2.05) is 25.1 Å². The van der Waals surface area contributed by atoms with Crippen molar-refractivity contribution in [2.24, 2.45) is 4.99 Å². The molecule has 66 valence electrons. The third kappa shape index (κ3) is 1.33. The summed E-state index contributed by atoms with van der Waals surface area (Å²) in [6, 6.07) is 5.65. The highest BCUT2D eigenvalue weighted by atomic mass is 16.1. The summed E-state index contributed by atoms with van der Waals surface area (Å²) >= 11 is 0. The number of aryl methyl sites for hydroxylation is 1. The van der Waals surface area contributed by atoms with E-state index in [-0.39, 0.29) is 6.04 Å². The summed E-state index contributed by atoms with van der Waals surface area (Å²) in [5.74, 6) is 0. The zero-order chi connectivity index (χ0) is 9.26. The van der Waals surface area contributed by atoms with Crippen LogP contribution >= 0.6 is 0 Å². The summed E-state index contributed by atoms with van der Waals surface area (Å²) in [7, 11) is 0. The van der Waals surface area contributed by atoms with Crippen LogP contribution in [-0.2, 0) is 4.79 Å². The van der Waals surface area contributed by atoms with Crippen LogP contribution in [0.15, 0.2) is 23.2 Å². The smallest absolute Gasteiger partial charge is 0.146 e. The summed E-state index contributed by atoms with van der Waals surface area (Å²) in [6.45, 7) is 2.01. The van der Waals surface area contributed by atoms with Crippen molar-refractivity contribution in [2.75, 3.05) is 0 Å². The van der Waals surface area contributed by atoms with Crippen molar-refractivity contribution in [1.82, 2.24) is 5.32 Å². The molecule has 3 nitrogen and oxygen atoms in total. The molecule has 13 heavy (non-hydrogen) atoms. The first-order chi connectivity index (χ1) is 6.31. The number of rotatable bonds is 1. The van der Waals surface area contributed by atoms with Crippen LogP contribution in [0.2, 0.25) is 0 Å². The van der Waals surface area contributed by atoms with Gasteiger partial charge in [-0.15, -0.1) is 0 Å². The maximum atomic E-state index is 10.7. The van der Waals surface area contributed by atoms with Crippen molar-refractivity contribution in [2.45, 2.75) is 13.0 Å². The normalized spacial score (nSPS) is 19.0. The third-order valence-corrected chi connectivity index (χ3v) is 2.11. The van der Waals surface area contributed by atoms with Gasteiger partial charge < -0.3 is 10.1 Å². The van der Waals surface area contributed by atoms with Gasteiger partial charge in [0.1, 0.15) is 12.3 Å². The number of aliphatic imine (C=N–C) groups is 1. The van der Waals surface area contributed by atoms with Gasteiger partial charge >= 0.3 is 0 Å². The summed E-state index contributed by atoms with van der Waals surface area (Å²) in [6.07, 6.45) is 2.46. The topological polar surface area (TPSA) is 41.5 Å². The van der Waals surface area contributed by atoms with Crippen molar-refractivity contribution in [3.63, 3.8) is 0 Å². The Kier molecular flexibility index (Phi) is 1.85. The van der Waals surface area contributed by atoms with E-state index in [0.717, 1.165) is 23.1 Å². The van der Waals surface area contributed by atoms with Crippen molar-refractivity contribution in [1.29, 1.82) is 0 Å². The van der Waals surface area contributed by atoms with Gasteiger partial charge in [0.25, 0.3) is 0 Å². The second-order valence-electron chi connectivity index (χ2n) is 3.10. The molecule has 0 saturated heterocycles. The molecule has 1 heterocycles. The Morgan fingerprint density at radius 2 is 2.38 bits per heavy atom. The van der Waals surface area contributed by atoms with Crippen LogP contribution in [0.4, 0.5) is 5.69 Å². The number of hydrogen-bond acceptors (Lipinski definition) is 3. The number of nitrogens with one attached hydrogen (secondary N) is 1. The lowest BCUT2D eigenvalue weighted by Gasteiger charge is -2.17. The highest BCUT2D eigenvalue weighted by Gasteiger charge is 2.15. The predicted octanol–water partition coefficient (Wildman–Crippen LogP) is 1.50. The number of nitrogens with zero attached hydrogens (tertiary/aromatic N) is 1. The summed E-state index contributed by atoms with van der Waals surface area (Å²) < 4.78 is 0. The number of carbonyl (C=O) groups excluding carboxylic acids is 1. The van der Waals surface area contributed by atoms with Crippen molar-refractivity contribution < 1.29 is 4.79 Å². The molecule has 1 aliphatic heterocycles. The Balaban J connectivity index is 2.53. The molecule has 0 aliphatic carbocycles. The molecule has 0 spiro atoms. The Morgan fingerprint density at radius 3 is 3.15 bits per heavy atom. The van der Waals surface area contributed by atoms with Crippen LogP contribution in [0.25, 0.3) is 0 Å². The molecule has 0 saturated carbocycles. The van der Waals surface area contributed by atoms with Gasteiger partial charge in [0.15, 0.2) is 0 Å². The van der Waals surface area contributed by atoms with E-state index in [1.54, 1.807) is 6.34 Å². The number of hydrogen-bond donors (Lipinski definition) is 1. The molecule has 2 rings (SSSR count). The van der Waals surface area contributed by atoms with Gasteiger partial charge in [0.05, 0.1) is 12.0 Å². The van der Waals surface area contributed by atoms with Crippen LogP contribution in [0, 0.1) is 6.92 Å². The SMILES string of the molecule is Cc1ccc2c(c1)N=CNC2C=O. The lowest BCUT2D eigenvalue weighted by atomic mass is 10.0. The van der Waals surface area contributed by atoms with Gasteiger partial charge in [-0.1, -0.05) is 12.1 Å². The molecule has 1 N–H and O–H groups in total. The van der Waals surface area contributed by atoms with E-state index in [2.05, 4.69) is 10.3 Å². The van der Waals surface area contributed by atoms with E-state index in [9.17, 15) is 4.79 Å². The molecule has 1 aliphatic rings. The highest BCUT2D eigenvalue weighted by Crippen LogP contribution is 2.27. The van der Waals surface area contributed by atoms with Crippen molar-refractivity contribution in [3.05, 3.63) is 29.3 Å². The van der Waals surface area contributed by atoms with Crippen LogP contribution in [-0.4, -0.2) is 12.6 Å². The fraction of sp³-hybridized carbons (Fsp3) is 0.200. The monoisotopic (exact) mass is 174 g/mol. The van der Waals surface area contributed by atoms with Crippen LogP contribution in [0.1, 0.15) is 17.2 Å². The molecule has 0 radical (unpaired) electrons. The molecule has 0 aromatic heterocycles. The van der Waals surface area contributed by atoms with Gasteiger partial charge in [-0.2, -0.15) is 0 Å². The lowest BCUT2D eigenvalue weighted by Crippen LogP contribution is -2.23. The minimum atomic E-state index is -0.243. The zero-order valence-corrected chi connectivity index (χ0v) is 7.32. The first kappa shape index (κ1) is 7.98. The predicted molar refractivity (Wildman–Crippen MR) is 51.3 cm³/mol. The van der Waals surface area contributed by atoms with Crippen LogP contribution in [0.5, 0.6) is 0 Å². The lowest BCUT2D eigenvalue weighted by molar-refractivity contribution is -0.109. The number of aldehydes is 1. The second-order valence-corrected chi connectivity index (χ2v) is 3.10. The highest BCUT2D eigenvalue weighted by molar-refractivity contribution is 5.77. The second kappa shape index (κ2) is 3.01. The van der Waals surface area contributed by atoms with Gasteiger partial charge in [-0.25, -0.2) is 4.99 Å². The first-order valence-electron chi connectivity index (χ1n) is 4.15. The van der Waals surface area contributed by atoms with Gasteiger partial charge in [0.2, 0.25) is 0 Å². The molecular weight excluding hydrogens is 164 g/mol. The molecule has 3 heteroatoms. The Bertz CT molecular complexity index is 371. The van der Waals surface area contributed by atoms with Crippen LogP contribution in [0.3, 0.4) is 0 Å². The standard InChI is InChI=1S/C10H10N2O/c1-7-2-3-8-9(4-7)11-6-12-10(8)5-13/h2-6,10H,1H3,(H,11,12). The Labute approximate surface area is 76.5 Å². The first-order valence-corrected chi connectivity index (χ1v) is 4.15. The summed E-state index contributed by atoms with van der Waals surface area (Å²) in [4.78, 5) is 14.8. The fourth-order valence-corrected chi connectivity index (χ4v) is 1.42. The number of benzene rings is 1. The Hall–Kier alpha value is -1.64. The zero-order valence-electron chi connectivity index (χ0n) is 7.32. The molecule has 0 fully saturated rings. The van der Waals surface area contributed by atoms with E-state index in [0.29, 0.717) is 0 Å². The van der Waals surface area contributed by atoms with Gasteiger partial charge in [-0.3, -0.25) is 0 Å². The average Bonchev–Trinajstić information content (AvgIpc) is 2.16. The molecule has 1 aromatic rings. The molecule has 0 amide bonds. The van der Waals surface area contributed by atoms with Crippen molar-refractivity contribution >= 4 is 18.3 Å². The maximum absolute atomic E-state index is 10.7. The Morgan fingerprint density at radius 1 is 1.54 bits per heavy atom. The minimum absolute atomic E-state index is 0.243.